The van der Waals surface area contributed by atoms with Gasteiger partial charge in [0.25, 0.3) is 0 Å². The molecule has 3 aromatic carbocycles. The maximum absolute atomic E-state index is 13.7. The first kappa shape index (κ1) is 24.9. The lowest BCUT2D eigenvalue weighted by atomic mass is 9.96. The average Bonchev–Trinajstić information content (AvgIpc) is 3.46. The minimum absolute atomic E-state index is 0.0322. The quantitative estimate of drug-likeness (QED) is 0.244. The Morgan fingerprint density at radius 3 is 2.41 bits per heavy atom. The third-order valence-electron chi connectivity index (χ3n) is 7.11. The molecule has 37 heavy (non-hydrogen) atoms. The van der Waals surface area contributed by atoms with E-state index < -0.39 is 11.6 Å². The molecule has 4 nitrogen and oxygen atoms in total. The highest BCUT2D eigenvalue weighted by atomic mass is 19.2. The summed E-state index contributed by atoms with van der Waals surface area (Å²) in [5.41, 5.74) is 5.08. The molecule has 0 N–H and O–H groups in total. The molecule has 1 aliphatic rings. The standard InChI is InChI=1S/C31H30F2N2O2/c1-20(2)31-30(28(36)15-11-21-10-14-25(32)26(33)17-21)24-13-12-23(34-16-6-9-29(34)37)18-27(24)35(31)19-22-7-4-3-5-8-22/h3-5,7-8,10,12-14,17-18,20H,6,9,11,15-16,19H2,1-2H3. The molecule has 190 valence electrons. The number of hydrogen-bond acceptors (Lipinski definition) is 2. The minimum atomic E-state index is -0.906. The SMILES string of the molecule is CC(C)c1c(C(=O)CCc2ccc(F)c(F)c2)c2ccc(N3CCCC3=O)cc2n1Cc1ccccc1. The molecule has 1 aromatic heterocycles. The summed E-state index contributed by atoms with van der Waals surface area (Å²) >= 11 is 0. The summed E-state index contributed by atoms with van der Waals surface area (Å²) in [4.78, 5) is 28.0. The van der Waals surface area contributed by atoms with Gasteiger partial charge in [0.15, 0.2) is 17.4 Å². The van der Waals surface area contributed by atoms with Gasteiger partial charge in [-0.15, -0.1) is 0 Å². The Bertz CT molecular complexity index is 1470. The maximum Gasteiger partial charge on any atom is 0.227 e. The van der Waals surface area contributed by atoms with Crippen molar-refractivity contribution in [2.24, 2.45) is 0 Å². The highest BCUT2D eigenvalue weighted by Crippen LogP contribution is 2.36. The van der Waals surface area contributed by atoms with Crippen LogP contribution in [0.1, 0.15) is 66.2 Å². The van der Waals surface area contributed by atoms with Crippen molar-refractivity contribution in [1.82, 2.24) is 4.57 Å². The summed E-state index contributed by atoms with van der Waals surface area (Å²) in [5.74, 6) is -1.65. The number of amides is 1. The Kier molecular flexibility index (Phi) is 6.92. The second kappa shape index (κ2) is 10.3. The van der Waals surface area contributed by atoms with E-state index in [0.29, 0.717) is 37.1 Å². The molecule has 5 rings (SSSR count). The zero-order chi connectivity index (χ0) is 26.1. The van der Waals surface area contributed by atoms with Crippen LogP contribution >= 0.6 is 0 Å². The van der Waals surface area contributed by atoms with Gasteiger partial charge in [-0.1, -0.05) is 56.3 Å². The lowest BCUT2D eigenvalue weighted by Crippen LogP contribution is -2.23. The number of aryl methyl sites for hydroxylation is 1. The first-order valence-corrected chi connectivity index (χ1v) is 12.8. The molecule has 0 saturated carbocycles. The van der Waals surface area contributed by atoms with Gasteiger partial charge in [0, 0.05) is 48.3 Å². The van der Waals surface area contributed by atoms with E-state index in [2.05, 4.69) is 30.5 Å². The van der Waals surface area contributed by atoms with Crippen LogP contribution in [-0.4, -0.2) is 22.8 Å². The Labute approximate surface area is 215 Å². The molecule has 0 radical (unpaired) electrons. The number of benzene rings is 3. The van der Waals surface area contributed by atoms with Crippen LogP contribution in [0.3, 0.4) is 0 Å². The monoisotopic (exact) mass is 500 g/mol. The number of hydrogen-bond donors (Lipinski definition) is 0. The average molecular weight is 501 g/mol. The molecule has 0 unspecified atom stereocenters. The van der Waals surface area contributed by atoms with E-state index in [0.717, 1.165) is 46.4 Å². The summed E-state index contributed by atoms with van der Waals surface area (Å²) in [7, 11) is 0. The van der Waals surface area contributed by atoms with Crippen molar-refractivity contribution in [2.75, 3.05) is 11.4 Å². The summed E-state index contributed by atoms with van der Waals surface area (Å²) in [6.45, 7) is 5.44. The summed E-state index contributed by atoms with van der Waals surface area (Å²) < 4.78 is 29.3. The molecule has 0 aliphatic carbocycles. The maximum atomic E-state index is 13.7. The topological polar surface area (TPSA) is 42.3 Å². The number of anilines is 1. The number of rotatable bonds is 8. The Hall–Kier alpha value is -3.80. The molecule has 0 atom stereocenters. The van der Waals surface area contributed by atoms with E-state index in [1.54, 1.807) is 0 Å². The molecule has 1 saturated heterocycles. The number of ketones is 1. The summed E-state index contributed by atoms with van der Waals surface area (Å²) in [6, 6.07) is 19.8. The van der Waals surface area contributed by atoms with Gasteiger partial charge in [0.05, 0.1) is 5.52 Å². The third kappa shape index (κ3) is 4.93. The normalized spacial score (nSPS) is 13.8. The number of aromatic nitrogens is 1. The smallest absolute Gasteiger partial charge is 0.227 e. The van der Waals surface area contributed by atoms with Gasteiger partial charge >= 0.3 is 0 Å². The van der Waals surface area contributed by atoms with Crippen LogP contribution in [0.25, 0.3) is 10.9 Å². The zero-order valence-corrected chi connectivity index (χ0v) is 21.1. The van der Waals surface area contributed by atoms with E-state index in [9.17, 15) is 18.4 Å². The molecule has 1 amide bonds. The van der Waals surface area contributed by atoms with Crippen molar-refractivity contribution in [3.8, 4) is 0 Å². The largest absolute Gasteiger partial charge is 0.339 e. The van der Waals surface area contributed by atoms with Crippen molar-refractivity contribution in [3.05, 3.63) is 101 Å². The highest BCUT2D eigenvalue weighted by molar-refractivity contribution is 6.11. The fourth-order valence-electron chi connectivity index (χ4n) is 5.35. The molecule has 1 fully saturated rings. The van der Waals surface area contributed by atoms with E-state index >= 15 is 0 Å². The van der Waals surface area contributed by atoms with E-state index in [-0.39, 0.29) is 24.0 Å². The van der Waals surface area contributed by atoms with Crippen LogP contribution in [-0.2, 0) is 17.8 Å². The lowest BCUT2D eigenvalue weighted by Gasteiger charge is -2.17. The molecule has 6 heteroatoms. The summed E-state index contributed by atoms with van der Waals surface area (Å²) in [5, 5.41) is 0.852. The van der Waals surface area contributed by atoms with Crippen molar-refractivity contribution >= 4 is 28.3 Å². The van der Waals surface area contributed by atoms with Gasteiger partial charge in [-0.2, -0.15) is 0 Å². The van der Waals surface area contributed by atoms with Crippen molar-refractivity contribution in [1.29, 1.82) is 0 Å². The van der Waals surface area contributed by atoms with Crippen LogP contribution in [0.15, 0.2) is 66.7 Å². The number of carbonyl (C=O) groups excluding carboxylic acids is 2. The first-order valence-electron chi connectivity index (χ1n) is 12.8. The van der Waals surface area contributed by atoms with Crippen molar-refractivity contribution < 1.29 is 18.4 Å². The zero-order valence-electron chi connectivity index (χ0n) is 21.1. The molecular weight excluding hydrogens is 470 g/mol. The summed E-state index contributed by atoms with van der Waals surface area (Å²) in [6.07, 6.45) is 1.89. The second-order valence-corrected chi connectivity index (χ2v) is 10.0. The Balaban J connectivity index is 1.59. The first-order chi connectivity index (χ1) is 17.8. The van der Waals surface area contributed by atoms with E-state index in [4.69, 9.17) is 0 Å². The van der Waals surface area contributed by atoms with Gasteiger partial charge < -0.3 is 9.47 Å². The molecule has 1 aliphatic heterocycles. The highest BCUT2D eigenvalue weighted by Gasteiger charge is 2.27. The molecule has 4 aromatic rings. The Morgan fingerprint density at radius 2 is 1.73 bits per heavy atom. The Morgan fingerprint density at radius 1 is 0.946 bits per heavy atom. The van der Waals surface area contributed by atoms with Gasteiger partial charge in [0.2, 0.25) is 5.91 Å². The van der Waals surface area contributed by atoms with Crippen LogP contribution in [0.2, 0.25) is 0 Å². The van der Waals surface area contributed by atoms with Gasteiger partial charge in [-0.25, -0.2) is 8.78 Å². The minimum Gasteiger partial charge on any atom is -0.339 e. The molecule has 0 spiro atoms. The molecule has 0 bridgehead atoms. The van der Waals surface area contributed by atoms with E-state index in [1.807, 2.05) is 41.3 Å². The van der Waals surface area contributed by atoms with Crippen molar-refractivity contribution in [3.63, 3.8) is 0 Å². The predicted molar refractivity (Wildman–Crippen MR) is 142 cm³/mol. The number of Topliss-reactive ketones (excluding diaryl/α,β-unsaturated/α-hetero) is 1. The predicted octanol–water partition coefficient (Wildman–Crippen LogP) is 7.03. The third-order valence-corrected chi connectivity index (χ3v) is 7.11. The second-order valence-electron chi connectivity index (χ2n) is 10.0. The van der Waals surface area contributed by atoms with E-state index in [1.165, 1.54) is 6.07 Å². The van der Waals surface area contributed by atoms with Gasteiger partial charge in [-0.05, 0) is 54.2 Å². The fraction of sp³-hybridized carbons (Fsp3) is 0.290. The molecular formula is C31H30F2N2O2. The van der Waals surface area contributed by atoms with Crippen LogP contribution < -0.4 is 4.90 Å². The lowest BCUT2D eigenvalue weighted by molar-refractivity contribution is -0.117. The number of nitrogens with zero attached hydrogens (tertiary/aromatic N) is 2. The van der Waals surface area contributed by atoms with Gasteiger partial charge in [-0.3, -0.25) is 9.59 Å². The van der Waals surface area contributed by atoms with Crippen LogP contribution in [0, 0.1) is 11.6 Å². The number of fused-ring (bicyclic) bond motifs is 1. The van der Waals surface area contributed by atoms with Crippen LogP contribution in [0.5, 0.6) is 0 Å². The number of carbonyl (C=O) groups is 2. The van der Waals surface area contributed by atoms with Crippen LogP contribution in [0.4, 0.5) is 14.5 Å². The fourth-order valence-corrected chi connectivity index (χ4v) is 5.35. The number of halogens is 2. The van der Waals surface area contributed by atoms with Gasteiger partial charge in [0.1, 0.15) is 0 Å². The molecule has 2 heterocycles. The van der Waals surface area contributed by atoms with Crippen molar-refractivity contribution in [2.45, 2.75) is 52.0 Å².